The number of carbonyl (C=O) groups excluding carboxylic acids is 1. The molecule has 1 unspecified atom stereocenters. The molecule has 0 spiro atoms. The van der Waals surface area contributed by atoms with Gasteiger partial charge in [0.05, 0.1) is 0 Å². The lowest BCUT2D eigenvalue weighted by molar-refractivity contribution is -0.143. The highest BCUT2D eigenvalue weighted by Gasteiger charge is 2.31. The highest BCUT2D eigenvalue weighted by atomic mass is 16.5. The van der Waals surface area contributed by atoms with Crippen molar-refractivity contribution in [2.75, 3.05) is 26.2 Å². The van der Waals surface area contributed by atoms with E-state index in [1.165, 1.54) is 0 Å². The third-order valence-electron chi connectivity index (χ3n) is 3.58. The fourth-order valence-corrected chi connectivity index (χ4v) is 2.67. The molecule has 1 amide bonds. The summed E-state index contributed by atoms with van der Waals surface area (Å²) in [5.41, 5.74) is 0. The van der Waals surface area contributed by atoms with Gasteiger partial charge in [-0.3, -0.25) is 4.79 Å². The van der Waals surface area contributed by atoms with Crippen LogP contribution in [0.4, 0.5) is 0 Å². The number of hydrogen-bond acceptors (Lipinski definition) is 3. The summed E-state index contributed by atoms with van der Waals surface area (Å²) in [6.45, 7) is 5.68. The Kier molecular flexibility index (Phi) is 4.18. The average molecular weight is 226 g/mol. The molecule has 2 aliphatic heterocycles. The summed E-state index contributed by atoms with van der Waals surface area (Å²) in [5.74, 6) is 0.215. The Morgan fingerprint density at radius 1 is 1.38 bits per heavy atom. The molecule has 1 N–H and O–H groups in total. The molecule has 0 aliphatic carbocycles. The average Bonchev–Trinajstić information content (AvgIpc) is 2.85. The first kappa shape index (κ1) is 11.9. The maximum atomic E-state index is 12.3. The van der Waals surface area contributed by atoms with E-state index in [1.54, 1.807) is 0 Å². The van der Waals surface area contributed by atoms with Crippen LogP contribution in [0.15, 0.2) is 0 Å². The van der Waals surface area contributed by atoms with Crippen LogP contribution in [-0.4, -0.2) is 49.2 Å². The second-order valence-corrected chi connectivity index (χ2v) is 4.61. The summed E-state index contributed by atoms with van der Waals surface area (Å²) < 4.78 is 5.48. The molecule has 92 valence electrons. The maximum absolute atomic E-state index is 12.3. The molecule has 0 radical (unpaired) electrons. The van der Waals surface area contributed by atoms with Gasteiger partial charge in [-0.05, 0) is 45.7 Å². The quantitative estimate of drug-likeness (QED) is 0.772. The largest absolute Gasteiger partial charge is 0.368 e. The third kappa shape index (κ3) is 2.55. The molecule has 2 rings (SSSR count). The number of piperidine rings is 1. The van der Waals surface area contributed by atoms with Crippen molar-refractivity contribution in [2.24, 2.45) is 0 Å². The molecule has 0 saturated carbocycles. The summed E-state index contributed by atoms with van der Waals surface area (Å²) in [7, 11) is 0. The van der Waals surface area contributed by atoms with Gasteiger partial charge in [-0.1, -0.05) is 0 Å². The SMILES string of the molecule is CCN(C(=O)C1CCCO1)C1CCNCC1. The lowest BCUT2D eigenvalue weighted by atomic mass is 10.0. The van der Waals surface area contributed by atoms with Gasteiger partial charge < -0.3 is 15.0 Å². The van der Waals surface area contributed by atoms with Crippen molar-refractivity contribution in [3.63, 3.8) is 0 Å². The van der Waals surface area contributed by atoms with Crippen LogP contribution >= 0.6 is 0 Å². The van der Waals surface area contributed by atoms with E-state index in [0.717, 1.165) is 51.9 Å². The molecular formula is C12H22N2O2. The van der Waals surface area contributed by atoms with Crippen LogP contribution in [0.1, 0.15) is 32.6 Å². The molecule has 0 aromatic carbocycles. The molecule has 2 aliphatic rings. The summed E-state index contributed by atoms with van der Waals surface area (Å²) in [4.78, 5) is 14.3. The normalized spacial score (nSPS) is 26.9. The zero-order valence-corrected chi connectivity index (χ0v) is 10.1. The Balaban J connectivity index is 1.94. The van der Waals surface area contributed by atoms with Crippen molar-refractivity contribution in [1.29, 1.82) is 0 Å². The van der Waals surface area contributed by atoms with E-state index in [2.05, 4.69) is 12.2 Å². The Labute approximate surface area is 97.3 Å². The fourth-order valence-electron chi connectivity index (χ4n) is 2.67. The standard InChI is InChI=1S/C12H22N2O2/c1-2-14(10-5-7-13-8-6-10)12(15)11-4-3-9-16-11/h10-11,13H,2-9H2,1H3. The summed E-state index contributed by atoms with van der Waals surface area (Å²) in [6.07, 6.45) is 3.92. The smallest absolute Gasteiger partial charge is 0.251 e. The molecule has 0 bridgehead atoms. The van der Waals surface area contributed by atoms with Crippen molar-refractivity contribution < 1.29 is 9.53 Å². The van der Waals surface area contributed by atoms with Crippen LogP contribution in [0, 0.1) is 0 Å². The van der Waals surface area contributed by atoms with Crippen LogP contribution in [0.3, 0.4) is 0 Å². The third-order valence-corrected chi connectivity index (χ3v) is 3.58. The molecule has 0 aromatic heterocycles. The Bertz CT molecular complexity index is 233. The van der Waals surface area contributed by atoms with Crippen LogP contribution in [0.5, 0.6) is 0 Å². The zero-order chi connectivity index (χ0) is 11.4. The van der Waals surface area contributed by atoms with Gasteiger partial charge in [0, 0.05) is 19.2 Å². The molecule has 4 nitrogen and oxygen atoms in total. The van der Waals surface area contributed by atoms with Gasteiger partial charge in [-0.15, -0.1) is 0 Å². The lowest BCUT2D eigenvalue weighted by Crippen LogP contribution is -2.49. The van der Waals surface area contributed by atoms with E-state index in [1.807, 2.05) is 4.90 Å². The molecule has 2 saturated heterocycles. The zero-order valence-electron chi connectivity index (χ0n) is 10.1. The van der Waals surface area contributed by atoms with Gasteiger partial charge in [0.25, 0.3) is 5.91 Å². The second kappa shape index (κ2) is 5.64. The van der Waals surface area contributed by atoms with Crippen LogP contribution < -0.4 is 5.32 Å². The van der Waals surface area contributed by atoms with Crippen molar-refractivity contribution in [3.05, 3.63) is 0 Å². The van der Waals surface area contributed by atoms with Crippen molar-refractivity contribution >= 4 is 5.91 Å². The van der Waals surface area contributed by atoms with Gasteiger partial charge >= 0.3 is 0 Å². The molecule has 16 heavy (non-hydrogen) atoms. The van der Waals surface area contributed by atoms with E-state index in [-0.39, 0.29) is 12.0 Å². The Hall–Kier alpha value is -0.610. The van der Waals surface area contributed by atoms with Crippen molar-refractivity contribution in [1.82, 2.24) is 10.2 Å². The number of ether oxygens (including phenoxy) is 1. The molecular weight excluding hydrogens is 204 g/mol. The number of nitrogens with one attached hydrogen (secondary N) is 1. The van der Waals surface area contributed by atoms with Gasteiger partial charge in [0.2, 0.25) is 0 Å². The predicted molar refractivity (Wildman–Crippen MR) is 62.3 cm³/mol. The topological polar surface area (TPSA) is 41.6 Å². The molecule has 1 atom stereocenters. The minimum Gasteiger partial charge on any atom is -0.368 e. The number of rotatable bonds is 3. The van der Waals surface area contributed by atoms with Gasteiger partial charge in [0.1, 0.15) is 6.10 Å². The first-order chi connectivity index (χ1) is 7.83. The Morgan fingerprint density at radius 3 is 2.69 bits per heavy atom. The van der Waals surface area contributed by atoms with Gasteiger partial charge in [-0.25, -0.2) is 0 Å². The highest BCUT2D eigenvalue weighted by Crippen LogP contribution is 2.19. The summed E-state index contributed by atoms with van der Waals surface area (Å²) >= 11 is 0. The molecule has 4 heteroatoms. The van der Waals surface area contributed by atoms with Gasteiger partial charge in [-0.2, -0.15) is 0 Å². The van der Waals surface area contributed by atoms with Crippen LogP contribution in [0.2, 0.25) is 0 Å². The summed E-state index contributed by atoms with van der Waals surface area (Å²) in [6, 6.07) is 0.419. The Morgan fingerprint density at radius 2 is 2.12 bits per heavy atom. The fraction of sp³-hybridized carbons (Fsp3) is 0.917. The summed E-state index contributed by atoms with van der Waals surface area (Å²) in [5, 5.41) is 3.33. The van der Waals surface area contributed by atoms with Gasteiger partial charge in [0.15, 0.2) is 0 Å². The number of hydrogen-bond donors (Lipinski definition) is 1. The number of likely N-dealkylation sites (N-methyl/N-ethyl adjacent to an activating group) is 1. The predicted octanol–water partition coefficient (Wildman–Crippen LogP) is 0.766. The van der Waals surface area contributed by atoms with E-state index >= 15 is 0 Å². The van der Waals surface area contributed by atoms with Crippen molar-refractivity contribution in [2.45, 2.75) is 44.8 Å². The second-order valence-electron chi connectivity index (χ2n) is 4.61. The first-order valence-corrected chi connectivity index (χ1v) is 6.45. The lowest BCUT2D eigenvalue weighted by Gasteiger charge is -2.35. The molecule has 2 heterocycles. The van der Waals surface area contributed by atoms with Crippen LogP contribution in [0.25, 0.3) is 0 Å². The van der Waals surface area contributed by atoms with E-state index in [0.29, 0.717) is 6.04 Å². The monoisotopic (exact) mass is 226 g/mol. The minimum atomic E-state index is -0.158. The van der Waals surface area contributed by atoms with Crippen molar-refractivity contribution in [3.8, 4) is 0 Å². The maximum Gasteiger partial charge on any atom is 0.251 e. The van der Waals surface area contributed by atoms with Crippen LogP contribution in [-0.2, 0) is 9.53 Å². The van der Waals surface area contributed by atoms with E-state index < -0.39 is 0 Å². The number of amides is 1. The van der Waals surface area contributed by atoms with E-state index in [4.69, 9.17) is 4.74 Å². The number of carbonyl (C=O) groups is 1. The highest BCUT2D eigenvalue weighted by molar-refractivity contribution is 5.81. The minimum absolute atomic E-state index is 0.158. The number of nitrogens with zero attached hydrogens (tertiary/aromatic N) is 1. The molecule has 0 aromatic rings. The molecule has 2 fully saturated rings. The van der Waals surface area contributed by atoms with E-state index in [9.17, 15) is 4.79 Å². The first-order valence-electron chi connectivity index (χ1n) is 6.45.